The third-order valence-corrected chi connectivity index (χ3v) is 5.54. The van der Waals surface area contributed by atoms with Gasteiger partial charge in [0.25, 0.3) is 5.91 Å². The van der Waals surface area contributed by atoms with E-state index in [2.05, 4.69) is 4.99 Å². The van der Waals surface area contributed by atoms with Gasteiger partial charge in [0.1, 0.15) is 5.75 Å². The Morgan fingerprint density at radius 1 is 1.13 bits per heavy atom. The number of amides is 1. The summed E-state index contributed by atoms with van der Waals surface area (Å²) >= 11 is 7.26. The van der Waals surface area contributed by atoms with Crippen LogP contribution in [-0.2, 0) is 16.1 Å². The maximum atomic E-state index is 12.5. The standard InChI is InChI=1S/C21H23ClN2O5S/c1-4-28-10-9-24-16-11-17(26-2)18(27-3)12-19(16)30-21(24)23-20(25)13-29-15-7-5-14(22)6-8-15/h5-8,11-12H,4,9-10,13H2,1-3H3. The predicted molar refractivity (Wildman–Crippen MR) is 117 cm³/mol. The van der Waals surface area contributed by atoms with Crippen LogP contribution in [0.3, 0.4) is 0 Å². The molecule has 160 valence electrons. The largest absolute Gasteiger partial charge is 0.493 e. The maximum Gasteiger partial charge on any atom is 0.286 e. The van der Waals surface area contributed by atoms with Gasteiger partial charge in [-0.25, -0.2) is 0 Å². The second-order valence-corrected chi connectivity index (χ2v) is 7.60. The van der Waals surface area contributed by atoms with E-state index < -0.39 is 0 Å². The SMILES string of the molecule is CCOCCn1c(=NC(=O)COc2ccc(Cl)cc2)sc2cc(OC)c(OC)cc21. The third-order valence-electron chi connectivity index (χ3n) is 4.25. The Morgan fingerprint density at radius 2 is 1.83 bits per heavy atom. The van der Waals surface area contributed by atoms with Crippen LogP contribution < -0.4 is 19.0 Å². The fourth-order valence-corrected chi connectivity index (χ4v) is 4.02. The van der Waals surface area contributed by atoms with Gasteiger partial charge in [0.05, 0.1) is 31.0 Å². The first kappa shape index (κ1) is 22.1. The van der Waals surface area contributed by atoms with Gasteiger partial charge in [0.15, 0.2) is 22.9 Å². The fraction of sp³-hybridized carbons (Fsp3) is 0.333. The van der Waals surface area contributed by atoms with Crippen molar-refractivity contribution in [1.29, 1.82) is 0 Å². The fourth-order valence-electron chi connectivity index (χ4n) is 2.81. The molecule has 0 saturated carbocycles. The number of benzene rings is 2. The van der Waals surface area contributed by atoms with Crippen molar-refractivity contribution in [2.75, 3.05) is 34.0 Å². The van der Waals surface area contributed by atoms with Crippen LogP contribution in [0.1, 0.15) is 6.92 Å². The van der Waals surface area contributed by atoms with Crippen LogP contribution in [0.4, 0.5) is 0 Å². The zero-order valence-corrected chi connectivity index (χ0v) is 18.6. The number of methoxy groups -OCH3 is 2. The molecule has 0 bridgehead atoms. The molecule has 7 nitrogen and oxygen atoms in total. The third kappa shape index (κ3) is 5.33. The number of halogens is 1. The molecule has 1 heterocycles. The Hall–Kier alpha value is -2.55. The van der Waals surface area contributed by atoms with Crippen LogP contribution in [0.15, 0.2) is 41.4 Å². The Kier molecular flexibility index (Phi) is 7.73. The van der Waals surface area contributed by atoms with E-state index in [0.29, 0.717) is 46.8 Å². The number of nitrogens with zero attached hydrogens (tertiary/aromatic N) is 2. The van der Waals surface area contributed by atoms with Crippen molar-refractivity contribution in [1.82, 2.24) is 4.57 Å². The minimum atomic E-state index is -0.388. The monoisotopic (exact) mass is 450 g/mol. The summed E-state index contributed by atoms with van der Waals surface area (Å²) in [6, 6.07) is 10.6. The number of thiazole rings is 1. The first-order chi connectivity index (χ1) is 14.5. The molecular weight excluding hydrogens is 428 g/mol. The van der Waals surface area contributed by atoms with Gasteiger partial charge in [0, 0.05) is 30.3 Å². The van der Waals surface area contributed by atoms with Crippen LogP contribution >= 0.6 is 22.9 Å². The van der Waals surface area contributed by atoms with Gasteiger partial charge < -0.3 is 23.5 Å². The van der Waals surface area contributed by atoms with Crippen LogP contribution in [0.25, 0.3) is 10.2 Å². The molecule has 1 amide bonds. The molecule has 0 spiro atoms. The van der Waals surface area contributed by atoms with E-state index in [4.69, 9.17) is 30.5 Å². The van der Waals surface area contributed by atoms with E-state index in [9.17, 15) is 4.79 Å². The summed E-state index contributed by atoms with van der Waals surface area (Å²) in [6.45, 7) is 3.42. The van der Waals surface area contributed by atoms with Crippen molar-refractivity contribution in [3.63, 3.8) is 0 Å². The van der Waals surface area contributed by atoms with E-state index in [0.717, 1.165) is 10.2 Å². The second kappa shape index (κ2) is 10.5. The molecule has 3 aromatic rings. The van der Waals surface area contributed by atoms with Crippen LogP contribution in [0.2, 0.25) is 5.02 Å². The zero-order chi connectivity index (χ0) is 21.5. The van der Waals surface area contributed by atoms with Crippen molar-refractivity contribution >= 4 is 39.1 Å². The van der Waals surface area contributed by atoms with E-state index >= 15 is 0 Å². The van der Waals surface area contributed by atoms with Gasteiger partial charge >= 0.3 is 0 Å². The number of hydrogen-bond acceptors (Lipinski definition) is 6. The number of fused-ring (bicyclic) bond motifs is 1. The molecule has 0 unspecified atom stereocenters. The summed E-state index contributed by atoms with van der Waals surface area (Å²) in [7, 11) is 3.17. The van der Waals surface area contributed by atoms with Gasteiger partial charge in [-0.15, -0.1) is 0 Å². The van der Waals surface area contributed by atoms with Crippen LogP contribution in [-0.4, -0.2) is 44.5 Å². The van der Waals surface area contributed by atoms with E-state index in [1.165, 1.54) is 11.3 Å². The number of ether oxygens (including phenoxy) is 4. The molecular formula is C21H23ClN2O5S. The van der Waals surface area contributed by atoms with Gasteiger partial charge in [-0.3, -0.25) is 4.79 Å². The molecule has 1 aromatic heterocycles. The number of hydrogen-bond donors (Lipinski definition) is 0. The predicted octanol–water partition coefficient (Wildman–Crippen LogP) is 3.92. The zero-order valence-electron chi connectivity index (χ0n) is 17.0. The molecule has 30 heavy (non-hydrogen) atoms. The minimum Gasteiger partial charge on any atom is -0.493 e. The minimum absolute atomic E-state index is 0.173. The molecule has 9 heteroatoms. The number of carbonyl (C=O) groups is 1. The van der Waals surface area contributed by atoms with E-state index in [1.807, 2.05) is 23.6 Å². The average Bonchev–Trinajstić information content (AvgIpc) is 3.08. The average molecular weight is 451 g/mol. The summed E-state index contributed by atoms with van der Waals surface area (Å²) in [6.07, 6.45) is 0. The molecule has 0 radical (unpaired) electrons. The molecule has 0 aliphatic carbocycles. The molecule has 3 rings (SSSR count). The second-order valence-electron chi connectivity index (χ2n) is 6.16. The smallest absolute Gasteiger partial charge is 0.286 e. The maximum absolute atomic E-state index is 12.5. The number of carbonyl (C=O) groups excluding carboxylic acids is 1. The highest BCUT2D eigenvalue weighted by Crippen LogP contribution is 2.33. The summed E-state index contributed by atoms with van der Waals surface area (Å²) in [5.74, 6) is 1.39. The molecule has 0 aliphatic rings. The van der Waals surface area contributed by atoms with Gasteiger partial charge in [0.2, 0.25) is 0 Å². The van der Waals surface area contributed by atoms with Crippen molar-refractivity contribution in [2.45, 2.75) is 13.5 Å². The lowest BCUT2D eigenvalue weighted by Gasteiger charge is -2.09. The Morgan fingerprint density at radius 3 is 2.50 bits per heavy atom. The van der Waals surface area contributed by atoms with Crippen molar-refractivity contribution in [3.8, 4) is 17.2 Å². The summed E-state index contributed by atoms with van der Waals surface area (Å²) in [4.78, 5) is 17.3. The highest BCUT2D eigenvalue weighted by molar-refractivity contribution is 7.16. The summed E-state index contributed by atoms with van der Waals surface area (Å²) < 4.78 is 24.7. The van der Waals surface area contributed by atoms with Crippen molar-refractivity contribution < 1.29 is 23.7 Å². The Bertz CT molecular complexity index is 1080. The molecule has 2 aromatic carbocycles. The van der Waals surface area contributed by atoms with Crippen LogP contribution in [0.5, 0.6) is 17.2 Å². The highest BCUT2D eigenvalue weighted by Gasteiger charge is 2.13. The summed E-state index contributed by atoms with van der Waals surface area (Å²) in [5, 5.41) is 0.602. The van der Waals surface area contributed by atoms with E-state index in [1.54, 1.807) is 38.5 Å². The molecule has 0 atom stereocenters. The molecule has 0 aliphatic heterocycles. The topological polar surface area (TPSA) is 71.3 Å². The first-order valence-corrected chi connectivity index (χ1v) is 10.5. The molecule has 0 fully saturated rings. The van der Waals surface area contributed by atoms with Crippen LogP contribution in [0, 0.1) is 0 Å². The van der Waals surface area contributed by atoms with Gasteiger partial charge in [-0.2, -0.15) is 4.99 Å². The highest BCUT2D eigenvalue weighted by atomic mass is 35.5. The normalized spacial score (nSPS) is 11.7. The van der Waals surface area contributed by atoms with Gasteiger partial charge in [-0.1, -0.05) is 22.9 Å². The van der Waals surface area contributed by atoms with Crippen molar-refractivity contribution in [2.24, 2.45) is 4.99 Å². The molecule has 0 saturated heterocycles. The lowest BCUT2D eigenvalue weighted by molar-refractivity contribution is -0.120. The summed E-state index contributed by atoms with van der Waals surface area (Å²) in [5.41, 5.74) is 0.891. The lowest BCUT2D eigenvalue weighted by Crippen LogP contribution is -2.21. The molecule has 0 N–H and O–H groups in total. The number of rotatable bonds is 9. The van der Waals surface area contributed by atoms with Crippen molar-refractivity contribution in [3.05, 3.63) is 46.2 Å². The quantitative estimate of drug-likeness (QED) is 0.462. The Balaban J connectivity index is 1.92. The van der Waals surface area contributed by atoms with Gasteiger partial charge in [-0.05, 0) is 31.2 Å². The number of aromatic nitrogens is 1. The van der Waals surface area contributed by atoms with E-state index in [-0.39, 0.29) is 12.5 Å². The Labute approximate surface area is 183 Å². The lowest BCUT2D eigenvalue weighted by atomic mass is 10.3. The first-order valence-electron chi connectivity index (χ1n) is 9.34.